The molecule has 2 aromatic rings. The predicted molar refractivity (Wildman–Crippen MR) is 72.2 cm³/mol. The van der Waals surface area contributed by atoms with Gasteiger partial charge in [0.15, 0.2) is 11.6 Å². The van der Waals surface area contributed by atoms with Crippen LogP contribution in [0.4, 0.5) is 43.9 Å². The predicted octanol–water partition coefficient (Wildman–Crippen LogP) is 6.58. The summed E-state index contributed by atoms with van der Waals surface area (Å²) in [5.74, 6) is -5.17. The van der Waals surface area contributed by atoms with E-state index in [4.69, 9.17) is 0 Å². The SMILES string of the molecule is Cc1c(F)cc(F)cc1C(F)(F)F.Cc1cc(F)c(F)cc1C(F)(F)F. The molecule has 0 aliphatic rings. The molecular formula is C16H10F10. The van der Waals surface area contributed by atoms with Gasteiger partial charge >= 0.3 is 12.4 Å². The van der Waals surface area contributed by atoms with Crippen molar-refractivity contribution in [2.75, 3.05) is 0 Å². The van der Waals surface area contributed by atoms with Gasteiger partial charge in [0.25, 0.3) is 0 Å². The van der Waals surface area contributed by atoms with Crippen LogP contribution in [-0.4, -0.2) is 0 Å². The molecule has 0 saturated heterocycles. The van der Waals surface area contributed by atoms with Gasteiger partial charge in [-0.2, -0.15) is 26.3 Å². The quantitative estimate of drug-likeness (QED) is 0.444. The number of halogens is 10. The summed E-state index contributed by atoms with van der Waals surface area (Å²) in [6.07, 6.45) is -9.36. The lowest BCUT2D eigenvalue weighted by Gasteiger charge is -2.10. The van der Waals surface area contributed by atoms with Crippen LogP contribution in [-0.2, 0) is 12.4 Å². The Kier molecular flexibility index (Phi) is 6.32. The Bertz CT molecular complexity index is 787. The molecule has 26 heavy (non-hydrogen) atoms. The summed E-state index contributed by atoms with van der Waals surface area (Å²) in [5.41, 5.74) is -3.34. The van der Waals surface area contributed by atoms with Gasteiger partial charge in [-0.1, -0.05) is 0 Å². The highest BCUT2D eigenvalue weighted by Crippen LogP contribution is 2.33. The van der Waals surface area contributed by atoms with Crippen molar-refractivity contribution in [2.45, 2.75) is 26.2 Å². The standard InChI is InChI=1S/2C8H5F5/c1-4-6(8(11,12)13)2-5(9)3-7(4)10;1-4-2-6(9)7(10)3-5(4)8(11,12)13/h2*2-3H,1H3. The van der Waals surface area contributed by atoms with Crippen molar-refractivity contribution >= 4 is 0 Å². The molecule has 2 aromatic carbocycles. The first-order chi connectivity index (χ1) is 11.6. The van der Waals surface area contributed by atoms with Crippen molar-refractivity contribution in [3.05, 3.63) is 69.8 Å². The Morgan fingerprint density at radius 2 is 1.04 bits per heavy atom. The van der Waals surface area contributed by atoms with Crippen LogP contribution in [0.25, 0.3) is 0 Å². The van der Waals surface area contributed by atoms with Gasteiger partial charge in [0.05, 0.1) is 11.1 Å². The van der Waals surface area contributed by atoms with Crippen LogP contribution in [0.1, 0.15) is 22.3 Å². The minimum Gasteiger partial charge on any atom is -0.207 e. The van der Waals surface area contributed by atoms with Gasteiger partial charge < -0.3 is 0 Å². The third-order valence-electron chi connectivity index (χ3n) is 3.19. The molecule has 0 amide bonds. The Morgan fingerprint density at radius 1 is 0.577 bits per heavy atom. The Morgan fingerprint density at radius 3 is 1.50 bits per heavy atom. The fourth-order valence-corrected chi connectivity index (χ4v) is 1.89. The van der Waals surface area contributed by atoms with Gasteiger partial charge in [-0.15, -0.1) is 0 Å². The third kappa shape index (κ3) is 5.37. The molecule has 144 valence electrons. The van der Waals surface area contributed by atoms with Gasteiger partial charge in [-0.05, 0) is 43.2 Å². The molecule has 0 fully saturated rings. The van der Waals surface area contributed by atoms with Crippen molar-refractivity contribution in [3.8, 4) is 0 Å². The first-order valence-electron chi connectivity index (χ1n) is 6.70. The number of aryl methyl sites for hydroxylation is 1. The molecule has 10 heteroatoms. The van der Waals surface area contributed by atoms with Crippen LogP contribution in [0.2, 0.25) is 0 Å². The zero-order chi connectivity index (χ0) is 20.4. The second-order valence-corrected chi connectivity index (χ2v) is 5.14. The zero-order valence-electron chi connectivity index (χ0n) is 13.1. The molecule has 0 nitrogen and oxygen atoms in total. The summed E-state index contributed by atoms with van der Waals surface area (Å²) < 4.78 is 122. The number of hydrogen-bond acceptors (Lipinski definition) is 0. The average Bonchev–Trinajstić information content (AvgIpc) is 2.45. The molecule has 0 aliphatic carbocycles. The van der Waals surface area contributed by atoms with Crippen molar-refractivity contribution < 1.29 is 43.9 Å². The van der Waals surface area contributed by atoms with E-state index in [1.807, 2.05) is 0 Å². The normalized spacial score (nSPS) is 11.8. The third-order valence-corrected chi connectivity index (χ3v) is 3.19. The van der Waals surface area contributed by atoms with E-state index in [9.17, 15) is 43.9 Å². The summed E-state index contributed by atoms with van der Waals surface area (Å²) >= 11 is 0. The number of alkyl halides is 6. The highest BCUT2D eigenvalue weighted by Gasteiger charge is 2.34. The highest BCUT2D eigenvalue weighted by atomic mass is 19.4. The average molecular weight is 392 g/mol. The van der Waals surface area contributed by atoms with Crippen molar-refractivity contribution in [2.24, 2.45) is 0 Å². The first kappa shape index (κ1) is 21.8. The molecule has 0 saturated carbocycles. The molecule has 0 unspecified atom stereocenters. The van der Waals surface area contributed by atoms with Crippen LogP contribution in [0.5, 0.6) is 0 Å². The lowest BCUT2D eigenvalue weighted by molar-refractivity contribution is -0.139. The fraction of sp³-hybridized carbons (Fsp3) is 0.250. The van der Waals surface area contributed by atoms with E-state index >= 15 is 0 Å². The van der Waals surface area contributed by atoms with E-state index in [0.717, 1.165) is 13.8 Å². The van der Waals surface area contributed by atoms with E-state index in [1.165, 1.54) is 0 Å². The van der Waals surface area contributed by atoms with Gasteiger partial charge in [0.2, 0.25) is 0 Å². The van der Waals surface area contributed by atoms with Crippen LogP contribution >= 0.6 is 0 Å². The largest absolute Gasteiger partial charge is 0.416 e. The topological polar surface area (TPSA) is 0 Å². The van der Waals surface area contributed by atoms with E-state index in [-0.39, 0.29) is 17.7 Å². The molecule has 2 rings (SSSR count). The van der Waals surface area contributed by atoms with Crippen molar-refractivity contribution in [1.29, 1.82) is 0 Å². The van der Waals surface area contributed by atoms with Crippen LogP contribution in [0, 0.1) is 37.1 Å². The highest BCUT2D eigenvalue weighted by molar-refractivity contribution is 5.31. The van der Waals surface area contributed by atoms with E-state index in [0.29, 0.717) is 12.1 Å². The molecule has 0 radical (unpaired) electrons. The van der Waals surface area contributed by atoms with Crippen LogP contribution in [0.3, 0.4) is 0 Å². The summed E-state index contributed by atoms with van der Waals surface area (Å²) in [4.78, 5) is 0. The summed E-state index contributed by atoms with van der Waals surface area (Å²) in [7, 11) is 0. The number of hydrogen-bond donors (Lipinski definition) is 0. The van der Waals surface area contributed by atoms with Crippen LogP contribution in [0.15, 0.2) is 24.3 Å². The van der Waals surface area contributed by atoms with Gasteiger partial charge in [-0.25, -0.2) is 17.6 Å². The maximum Gasteiger partial charge on any atom is 0.416 e. The minimum atomic E-state index is -4.72. The molecule has 0 aliphatic heterocycles. The molecule has 0 spiro atoms. The molecule has 0 atom stereocenters. The number of rotatable bonds is 0. The number of benzene rings is 2. The van der Waals surface area contributed by atoms with Crippen LogP contribution < -0.4 is 0 Å². The second kappa shape index (κ2) is 7.55. The molecule has 0 heterocycles. The van der Waals surface area contributed by atoms with Crippen molar-refractivity contribution in [1.82, 2.24) is 0 Å². The van der Waals surface area contributed by atoms with E-state index < -0.39 is 52.3 Å². The van der Waals surface area contributed by atoms with Gasteiger partial charge in [-0.3, -0.25) is 0 Å². The Balaban J connectivity index is 0.000000260. The van der Waals surface area contributed by atoms with Crippen molar-refractivity contribution in [3.63, 3.8) is 0 Å². The second-order valence-electron chi connectivity index (χ2n) is 5.14. The fourth-order valence-electron chi connectivity index (χ4n) is 1.89. The molecule has 0 bridgehead atoms. The zero-order valence-corrected chi connectivity index (χ0v) is 13.1. The molecule has 0 N–H and O–H groups in total. The Labute approximate surface area is 141 Å². The summed E-state index contributed by atoms with van der Waals surface area (Å²) in [5, 5.41) is 0. The minimum absolute atomic E-state index is 0.157. The maximum absolute atomic E-state index is 12.6. The lowest BCUT2D eigenvalue weighted by atomic mass is 10.1. The summed E-state index contributed by atoms with van der Waals surface area (Å²) in [6, 6.07) is 1.38. The van der Waals surface area contributed by atoms with Gasteiger partial charge in [0.1, 0.15) is 11.6 Å². The molecule has 0 aromatic heterocycles. The maximum atomic E-state index is 12.6. The first-order valence-corrected chi connectivity index (χ1v) is 6.70. The summed E-state index contributed by atoms with van der Waals surface area (Å²) in [6.45, 7) is 2.03. The molecular weight excluding hydrogens is 382 g/mol. The smallest absolute Gasteiger partial charge is 0.207 e. The van der Waals surface area contributed by atoms with Gasteiger partial charge in [0, 0.05) is 6.07 Å². The van der Waals surface area contributed by atoms with E-state index in [1.54, 1.807) is 0 Å². The lowest BCUT2D eigenvalue weighted by Crippen LogP contribution is -2.09. The monoisotopic (exact) mass is 392 g/mol. The Hall–Kier alpha value is -2.26. The van der Waals surface area contributed by atoms with E-state index in [2.05, 4.69) is 0 Å².